The van der Waals surface area contributed by atoms with E-state index in [-0.39, 0.29) is 17.9 Å². The number of aromatic nitrogens is 2. The molecule has 3 heterocycles. The molecule has 4 rings (SSSR count). The van der Waals surface area contributed by atoms with E-state index in [2.05, 4.69) is 35.6 Å². The number of hydrogen-bond acceptors (Lipinski definition) is 4. The number of carbonyl (C=O) groups excluding carboxylic acids is 1. The first-order valence-electron chi connectivity index (χ1n) is 9.87. The average Bonchev–Trinajstić information content (AvgIpc) is 3.10. The van der Waals surface area contributed by atoms with Gasteiger partial charge in [0.25, 0.3) is 0 Å². The molecule has 0 radical (unpaired) electrons. The Labute approximate surface area is 160 Å². The standard InChI is InChI=1S/C21H28N4O2/c1-24-10-7-17(8-11-24)21(26)22-13-19-20-18(9-12-27-19)15-25(23-20)14-16-5-3-2-4-6-16/h2-6,15,17,19H,7-14H2,1H3,(H,22,26)/t19-/m0/s1. The lowest BCUT2D eigenvalue weighted by atomic mass is 9.96. The van der Waals surface area contributed by atoms with Gasteiger partial charge in [-0.05, 0) is 50.5 Å². The Kier molecular flexibility index (Phi) is 5.55. The van der Waals surface area contributed by atoms with Gasteiger partial charge in [-0.25, -0.2) is 0 Å². The molecule has 27 heavy (non-hydrogen) atoms. The van der Waals surface area contributed by atoms with Gasteiger partial charge in [0.2, 0.25) is 5.91 Å². The van der Waals surface area contributed by atoms with Crippen molar-refractivity contribution in [2.75, 3.05) is 33.3 Å². The van der Waals surface area contributed by atoms with Crippen LogP contribution in [0.4, 0.5) is 0 Å². The van der Waals surface area contributed by atoms with Crippen LogP contribution < -0.4 is 5.32 Å². The molecule has 0 aliphatic carbocycles. The molecular formula is C21H28N4O2. The molecule has 1 aromatic carbocycles. The molecule has 144 valence electrons. The summed E-state index contributed by atoms with van der Waals surface area (Å²) in [5.41, 5.74) is 3.43. The van der Waals surface area contributed by atoms with Crippen LogP contribution in [-0.2, 0) is 22.5 Å². The normalized spacial score (nSPS) is 21.0. The zero-order valence-electron chi connectivity index (χ0n) is 15.9. The van der Waals surface area contributed by atoms with Gasteiger partial charge in [-0.1, -0.05) is 30.3 Å². The van der Waals surface area contributed by atoms with E-state index in [1.165, 1.54) is 11.1 Å². The maximum atomic E-state index is 12.5. The van der Waals surface area contributed by atoms with Crippen LogP contribution in [0.15, 0.2) is 36.5 Å². The van der Waals surface area contributed by atoms with Crippen LogP contribution in [0.3, 0.4) is 0 Å². The highest BCUT2D eigenvalue weighted by Crippen LogP contribution is 2.26. The monoisotopic (exact) mass is 368 g/mol. The summed E-state index contributed by atoms with van der Waals surface area (Å²) in [7, 11) is 2.11. The van der Waals surface area contributed by atoms with Gasteiger partial charge in [0.1, 0.15) is 6.10 Å². The van der Waals surface area contributed by atoms with Gasteiger partial charge < -0.3 is 15.0 Å². The van der Waals surface area contributed by atoms with E-state index in [4.69, 9.17) is 9.84 Å². The van der Waals surface area contributed by atoms with Crippen molar-refractivity contribution in [2.24, 2.45) is 5.92 Å². The summed E-state index contributed by atoms with van der Waals surface area (Å²) in [6.45, 7) is 3.92. The van der Waals surface area contributed by atoms with Crippen LogP contribution in [0.2, 0.25) is 0 Å². The van der Waals surface area contributed by atoms with E-state index < -0.39 is 0 Å². The number of rotatable bonds is 5. The van der Waals surface area contributed by atoms with E-state index in [1.54, 1.807) is 0 Å². The number of fused-ring (bicyclic) bond motifs is 1. The maximum absolute atomic E-state index is 12.5. The van der Waals surface area contributed by atoms with Crippen molar-refractivity contribution in [3.05, 3.63) is 53.3 Å². The average molecular weight is 368 g/mol. The molecule has 0 unspecified atom stereocenters. The number of nitrogens with one attached hydrogen (secondary N) is 1. The molecule has 2 aliphatic rings. The molecule has 0 spiro atoms. The SMILES string of the molecule is CN1CCC(C(=O)NC[C@@H]2OCCc3cn(Cc4ccccc4)nc32)CC1. The molecule has 1 N–H and O–H groups in total. The number of likely N-dealkylation sites (tertiary alicyclic amines) is 1. The van der Waals surface area contributed by atoms with Gasteiger partial charge in [-0.15, -0.1) is 0 Å². The fourth-order valence-corrected chi connectivity index (χ4v) is 3.95. The van der Waals surface area contributed by atoms with Crippen molar-refractivity contribution in [3.8, 4) is 0 Å². The summed E-state index contributed by atoms with van der Waals surface area (Å²) in [4.78, 5) is 14.8. The highest BCUT2D eigenvalue weighted by atomic mass is 16.5. The molecular weight excluding hydrogens is 340 g/mol. The topological polar surface area (TPSA) is 59.4 Å². The Hall–Kier alpha value is -2.18. The van der Waals surface area contributed by atoms with E-state index in [0.29, 0.717) is 13.2 Å². The number of hydrogen-bond donors (Lipinski definition) is 1. The first-order chi connectivity index (χ1) is 13.2. The van der Waals surface area contributed by atoms with Crippen molar-refractivity contribution in [1.29, 1.82) is 0 Å². The Bertz CT molecular complexity index is 766. The van der Waals surface area contributed by atoms with Crippen molar-refractivity contribution >= 4 is 5.91 Å². The Balaban J connectivity index is 1.37. The number of carbonyl (C=O) groups is 1. The van der Waals surface area contributed by atoms with Gasteiger partial charge in [-0.3, -0.25) is 9.48 Å². The molecule has 2 aliphatic heterocycles. The van der Waals surface area contributed by atoms with Crippen LogP contribution in [-0.4, -0.2) is 53.9 Å². The third kappa shape index (κ3) is 4.39. The fraction of sp³-hybridized carbons (Fsp3) is 0.524. The largest absolute Gasteiger partial charge is 0.370 e. The van der Waals surface area contributed by atoms with Gasteiger partial charge in [0, 0.05) is 18.7 Å². The summed E-state index contributed by atoms with van der Waals surface area (Å²) in [5, 5.41) is 7.87. The number of nitrogens with zero attached hydrogens (tertiary/aromatic N) is 3. The number of piperidine rings is 1. The highest BCUT2D eigenvalue weighted by molar-refractivity contribution is 5.78. The highest BCUT2D eigenvalue weighted by Gasteiger charge is 2.28. The van der Waals surface area contributed by atoms with Crippen molar-refractivity contribution in [2.45, 2.75) is 31.9 Å². The Morgan fingerprint density at radius 3 is 2.81 bits per heavy atom. The lowest BCUT2D eigenvalue weighted by Crippen LogP contribution is -2.40. The molecule has 0 saturated carbocycles. The van der Waals surface area contributed by atoms with Crippen LogP contribution >= 0.6 is 0 Å². The first kappa shape index (κ1) is 18.2. The zero-order chi connectivity index (χ0) is 18.6. The Morgan fingerprint density at radius 2 is 2.04 bits per heavy atom. The van der Waals surface area contributed by atoms with E-state index in [1.807, 2.05) is 22.9 Å². The van der Waals surface area contributed by atoms with E-state index in [9.17, 15) is 4.79 Å². The van der Waals surface area contributed by atoms with Crippen LogP contribution in [0.1, 0.15) is 35.8 Å². The van der Waals surface area contributed by atoms with Gasteiger partial charge in [0.05, 0.1) is 18.8 Å². The molecule has 6 nitrogen and oxygen atoms in total. The third-order valence-corrected chi connectivity index (χ3v) is 5.60. The predicted molar refractivity (Wildman–Crippen MR) is 103 cm³/mol. The summed E-state index contributed by atoms with van der Waals surface area (Å²) < 4.78 is 7.91. The fourth-order valence-electron chi connectivity index (χ4n) is 3.95. The van der Waals surface area contributed by atoms with Crippen LogP contribution in [0.5, 0.6) is 0 Å². The molecule has 1 amide bonds. The molecule has 1 aromatic heterocycles. The number of ether oxygens (including phenoxy) is 1. The van der Waals surface area contributed by atoms with Crippen LogP contribution in [0, 0.1) is 5.92 Å². The summed E-state index contributed by atoms with van der Waals surface area (Å²) in [6.07, 6.45) is 4.72. The van der Waals surface area contributed by atoms with Crippen molar-refractivity contribution in [3.63, 3.8) is 0 Å². The molecule has 6 heteroatoms. The van der Waals surface area contributed by atoms with E-state index in [0.717, 1.165) is 44.6 Å². The molecule has 1 atom stereocenters. The van der Waals surface area contributed by atoms with Crippen molar-refractivity contribution in [1.82, 2.24) is 20.0 Å². The molecule has 1 saturated heterocycles. The number of amides is 1. The smallest absolute Gasteiger partial charge is 0.223 e. The first-order valence-corrected chi connectivity index (χ1v) is 9.87. The van der Waals surface area contributed by atoms with Crippen molar-refractivity contribution < 1.29 is 9.53 Å². The quantitative estimate of drug-likeness (QED) is 0.877. The second kappa shape index (κ2) is 8.23. The molecule has 2 aromatic rings. The van der Waals surface area contributed by atoms with Gasteiger partial charge in [0.15, 0.2) is 0 Å². The minimum atomic E-state index is -0.152. The summed E-state index contributed by atoms with van der Waals surface area (Å²) >= 11 is 0. The second-order valence-corrected chi connectivity index (χ2v) is 7.65. The lowest BCUT2D eigenvalue weighted by molar-refractivity contribution is -0.127. The second-order valence-electron chi connectivity index (χ2n) is 7.65. The zero-order valence-corrected chi connectivity index (χ0v) is 15.9. The Morgan fingerprint density at radius 1 is 1.26 bits per heavy atom. The summed E-state index contributed by atoms with van der Waals surface area (Å²) in [6, 6.07) is 10.3. The molecule has 1 fully saturated rings. The summed E-state index contributed by atoms with van der Waals surface area (Å²) in [5.74, 6) is 0.280. The lowest BCUT2D eigenvalue weighted by Gasteiger charge is -2.29. The predicted octanol–water partition coefficient (Wildman–Crippen LogP) is 2.00. The van der Waals surface area contributed by atoms with Crippen LogP contribution in [0.25, 0.3) is 0 Å². The minimum Gasteiger partial charge on any atom is -0.370 e. The van der Waals surface area contributed by atoms with E-state index >= 15 is 0 Å². The molecule has 0 bridgehead atoms. The maximum Gasteiger partial charge on any atom is 0.223 e. The minimum absolute atomic E-state index is 0.125. The third-order valence-electron chi connectivity index (χ3n) is 5.60. The van der Waals surface area contributed by atoms with Gasteiger partial charge in [-0.2, -0.15) is 5.10 Å². The number of benzene rings is 1. The van der Waals surface area contributed by atoms with Gasteiger partial charge >= 0.3 is 0 Å².